The maximum atomic E-state index is 13.0. The smallest absolute Gasteiger partial charge is 0.333 e. The number of amides is 11. The Bertz CT molecular complexity index is 1010. The number of aliphatic hydroxyl groups excluding tert-OH is 1. The molecule has 0 aliphatic heterocycles. The number of hydrogen-bond acceptors (Lipinski definition) is 9. The largest absolute Gasteiger partial charge is 0.390 e. The molecule has 6 N–H and O–H groups in total. The highest BCUT2D eigenvalue weighted by atomic mass is 16.3. The maximum absolute atomic E-state index is 13.0. The average molecular weight is 573 g/mol. The van der Waals surface area contributed by atoms with Crippen LogP contribution in [-0.4, -0.2) is 125 Å². The van der Waals surface area contributed by atoms with Crippen molar-refractivity contribution in [1.29, 1.82) is 0 Å². The zero-order chi connectivity index (χ0) is 31.5. The van der Waals surface area contributed by atoms with Crippen molar-refractivity contribution in [2.75, 3.05) is 35.2 Å². The van der Waals surface area contributed by atoms with E-state index in [9.17, 15) is 43.8 Å². The van der Waals surface area contributed by atoms with Crippen LogP contribution in [0.5, 0.6) is 0 Å². The molecule has 0 rings (SSSR count). The second-order valence-corrected chi connectivity index (χ2v) is 9.39. The standard InChI is InChI=1S/C23H40N8O9/c1-10-11-15(32)28(6)13(2)17(34)29(7)14(12-23(3,4)40)16(33)25-20(37)31(9)22(39)27-18(35)26-21(38)30(8)19(36)24-5/h14,21,38,40H,2,10-12H2,1,3-9H3,(H,24,36)(H,25,33,37)(H2,26,27,35,39)/t14-,21?/m0/s1. The molecule has 11 amide bonds. The Kier molecular flexibility index (Phi) is 13.7. The third-order valence-electron chi connectivity index (χ3n) is 5.49. The number of hydrogen-bond donors (Lipinski definition) is 6. The van der Waals surface area contributed by atoms with Crippen LogP contribution in [0.4, 0.5) is 19.2 Å². The van der Waals surface area contributed by atoms with Crippen LogP contribution in [0.25, 0.3) is 0 Å². The van der Waals surface area contributed by atoms with E-state index in [1.54, 1.807) is 12.2 Å². The van der Waals surface area contributed by atoms with E-state index in [4.69, 9.17) is 0 Å². The molecule has 0 spiro atoms. The van der Waals surface area contributed by atoms with E-state index in [-0.39, 0.29) is 24.4 Å². The molecule has 1 unspecified atom stereocenters. The maximum Gasteiger partial charge on any atom is 0.333 e. The Balaban J connectivity index is 5.51. The minimum Gasteiger partial charge on any atom is -0.390 e. The van der Waals surface area contributed by atoms with Crippen molar-refractivity contribution in [2.45, 2.75) is 58.0 Å². The molecule has 2 atom stereocenters. The van der Waals surface area contributed by atoms with Gasteiger partial charge in [-0.25, -0.2) is 24.1 Å². The van der Waals surface area contributed by atoms with Gasteiger partial charge >= 0.3 is 24.1 Å². The van der Waals surface area contributed by atoms with Crippen LogP contribution in [0.1, 0.15) is 40.0 Å². The molecule has 0 radical (unpaired) electrons. The summed E-state index contributed by atoms with van der Waals surface area (Å²) in [5.41, 5.74) is -1.73. The first-order valence-corrected chi connectivity index (χ1v) is 12.1. The quantitative estimate of drug-likeness (QED) is 0.138. The molecule has 0 aromatic rings. The van der Waals surface area contributed by atoms with E-state index < -0.39 is 53.9 Å². The first kappa shape index (κ1) is 35.8. The number of carbonyl (C=O) groups is 7. The first-order valence-electron chi connectivity index (χ1n) is 12.1. The van der Waals surface area contributed by atoms with Gasteiger partial charge in [0.05, 0.1) is 5.60 Å². The zero-order valence-electron chi connectivity index (χ0n) is 24.0. The summed E-state index contributed by atoms with van der Waals surface area (Å²) in [4.78, 5) is 89.4. The lowest BCUT2D eigenvalue weighted by atomic mass is 9.97. The molecule has 0 fully saturated rings. The van der Waals surface area contributed by atoms with E-state index in [1.807, 2.05) is 10.6 Å². The second kappa shape index (κ2) is 15.4. The van der Waals surface area contributed by atoms with E-state index in [2.05, 4.69) is 11.9 Å². The summed E-state index contributed by atoms with van der Waals surface area (Å²) >= 11 is 0. The van der Waals surface area contributed by atoms with Crippen LogP contribution in [0, 0.1) is 0 Å². The lowest BCUT2D eigenvalue weighted by Crippen LogP contribution is -2.58. The molecule has 0 heterocycles. The summed E-state index contributed by atoms with van der Waals surface area (Å²) < 4.78 is 0. The van der Waals surface area contributed by atoms with E-state index in [1.165, 1.54) is 35.0 Å². The van der Waals surface area contributed by atoms with Crippen LogP contribution in [-0.2, 0) is 14.4 Å². The molecule has 0 saturated heterocycles. The van der Waals surface area contributed by atoms with Gasteiger partial charge in [0.2, 0.25) is 12.3 Å². The lowest BCUT2D eigenvalue weighted by molar-refractivity contribution is -0.140. The second-order valence-electron chi connectivity index (χ2n) is 9.39. The number of likely N-dealkylation sites (N-methyl/N-ethyl adjacent to an activating group) is 2. The predicted octanol–water partition coefficient (Wildman–Crippen LogP) is -1.12. The van der Waals surface area contributed by atoms with E-state index in [0.717, 1.165) is 23.9 Å². The van der Waals surface area contributed by atoms with Crippen molar-refractivity contribution in [1.82, 2.24) is 40.9 Å². The van der Waals surface area contributed by atoms with Crippen molar-refractivity contribution in [2.24, 2.45) is 0 Å². The van der Waals surface area contributed by atoms with Crippen molar-refractivity contribution < 1.29 is 43.8 Å². The van der Waals surface area contributed by atoms with Gasteiger partial charge in [-0.2, -0.15) is 0 Å². The zero-order valence-corrected chi connectivity index (χ0v) is 24.0. The summed E-state index contributed by atoms with van der Waals surface area (Å²) in [6.07, 6.45) is -1.48. The van der Waals surface area contributed by atoms with Crippen LogP contribution in [0.2, 0.25) is 0 Å². The molecule has 226 valence electrons. The molecule has 0 bridgehead atoms. The summed E-state index contributed by atoms with van der Waals surface area (Å²) in [5, 5.41) is 27.8. The lowest BCUT2D eigenvalue weighted by Gasteiger charge is -2.33. The van der Waals surface area contributed by atoms with Gasteiger partial charge in [0.25, 0.3) is 11.8 Å². The number of nitrogens with one attached hydrogen (secondary N) is 4. The third-order valence-corrected chi connectivity index (χ3v) is 5.49. The van der Waals surface area contributed by atoms with Gasteiger partial charge in [-0.05, 0) is 20.3 Å². The predicted molar refractivity (Wildman–Crippen MR) is 141 cm³/mol. The number of carbonyl (C=O) groups excluding carboxylic acids is 7. The Labute approximate surface area is 232 Å². The van der Waals surface area contributed by atoms with Gasteiger partial charge < -0.3 is 25.3 Å². The monoisotopic (exact) mass is 572 g/mol. The molecule has 40 heavy (non-hydrogen) atoms. The highest BCUT2D eigenvalue weighted by Gasteiger charge is 2.36. The topological polar surface area (TPSA) is 221 Å². The minimum absolute atomic E-state index is 0.157. The summed E-state index contributed by atoms with van der Waals surface area (Å²) in [6, 6.07) is -6.08. The Morgan fingerprint density at radius 1 is 0.875 bits per heavy atom. The molecule has 17 nitrogen and oxygen atoms in total. The number of nitrogens with zero attached hydrogens (tertiary/aromatic N) is 4. The number of urea groups is 4. The van der Waals surface area contributed by atoms with Crippen molar-refractivity contribution >= 4 is 41.8 Å². The fraction of sp³-hybridized carbons (Fsp3) is 0.609. The van der Waals surface area contributed by atoms with Gasteiger partial charge in [-0.1, -0.05) is 13.5 Å². The number of imide groups is 3. The van der Waals surface area contributed by atoms with Crippen LogP contribution < -0.4 is 21.3 Å². The Hall–Kier alpha value is -4.25. The van der Waals surface area contributed by atoms with Crippen molar-refractivity contribution in [3.63, 3.8) is 0 Å². The fourth-order valence-corrected chi connectivity index (χ4v) is 2.98. The minimum atomic E-state index is -1.82. The molecular formula is C23H40N8O9. The van der Waals surface area contributed by atoms with Crippen LogP contribution >= 0.6 is 0 Å². The highest BCUT2D eigenvalue weighted by Crippen LogP contribution is 2.18. The van der Waals surface area contributed by atoms with Crippen LogP contribution in [0.15, 0.2) is 12.3 Å². The summed E-state index contributed by atoms with van der Waals surface area (Å²) in [5.74, 6) is -2.28. The van der Waals surface area contributed by atoms with Gasteiger partial charge in [0.15, 0.2) is 0 Å². The Morgan fingerprint density at radius 2 is 1.40 bits per heavy atom. The normalized spacial score (nSPS) is 12.2. The molecule has 0 aliphatic carbocycles. The molecule has 0 saturated carbocycles. The molecule has 0 aromatic carbocycles. The third kappa shape index (κ3) is 10.9. The van der Waals surface area contributed by atoms with Crippen molar-refractivity contribution in [3.05, 3.63) is 12.3 Å². The van der Waals surface area contributed by atoms with Crippen LogP contribution in [0.3, 0.4) is 0 Å². The van der Waals surface area contributed by atoms with E-state index in [0.29, 0.717) is 16.2 Å². The first-order chi connectivity index (χ1) is 18.3. The molecule has 0 aromatic heterocycles. The van der Waals surface area contributed by atoms with Gasteiger partial charge in [-0.15, -0.1) is 0 Å². The molecule has 0 aliphatic rings. The summed E-state index contributed by atoms with van der Waals surface area (Å²) in [6.45, 7) is 8.13. The fourth-order valence-electron chi connectivity index (χ4n) is 2.98. The van der Waals surface area contributed by atoms with Gasteiger partial charge in [0.1, 0.15) is 11.7 Å². The number of aliphatic hydroxyl groups is 2. The van der Waals surface area contributed by atoms with E-state index >= 15 is 0 Å². The van der Waals surface area contributed by atoms with Gasteiger partial charge in [-0.3, -0.25) is 35.2 Å². The summed E-state index contributed by atoms with van der Waals surface area (Å²) in [7, 11) is 5.92. The number of rotatable bonds is 10. The average Bonchev–Trinajstić information content (AvgIpc) is 2.87. The molecular weight excluding hydrogens is 532 g/mol. The van der Waals surface area contributed by atoms with Gasteiger partial charge in [0, 0.05) is 48.1 Å². The molecule has 17 heteroatoms. The Morgan fingerprint density at radius 3 is 1.88 bits per heavy atom. The SMILES string of the molecule is C=C(C(=O)N(C)[C@@H](CC(C)(C)O)C(=O)NC(=O)N(C)C(=O)NC(=O)NC(O)N(C)C(=O)NC)N(C)C(=O)CCC. The van der Waals surface area contributed by atoms with Crippen molar-refractivity contribution in [3.8, 4) is 0 Å². The highest BCUT2D eigenvalue weighted by molar-refractivity contribution is 6.07.